The van der Waals surface area contributed by atoms with Crippen LogP contribution in [0.5, 0.6) is 0 Å². The number of sulfone groups is 1. The number of nitrogens with two attached hydrogens (primary N) is 1. The van der Waals surface area contributed by atoms with Gasteiger partial charge in [0.05, 0.1) is 9.79 Å². The van der Waals surface area contributed by atoms with Gasteiger partial charge in [-0.05, 0) is 36.4 Å². The van der Waals surface area contributed by atoms with Crippen molar-refractivity contribution in [2.45, 2.75) is 23.6 Å². The first-order valence-corrected chi connectivity index (χ1v) is 7.50. The van der Waals surface area contributed by atoms with E-state index in [0.717, 1.165) is 0 Å². The van der Waals surface area contributed by atoms with Crippen LogP contribution >= 0.6 is 0 Å². The number of nitrogen functional groups attached to an aromatic ring is 1. The maximum atomic E-state index is 12.2. The van der Waals surface area contributed by atoms with Crippen molar-refractivity contribution in [1.29, 1.82) is 0 Å². The number of hydrazine groups is 1. The largest absolute Gasteiger partial charge is 0.324 e. The van der Waals surface area contributed by atoms with Crippen molar-refractivity contribution in [1.82, 2.24) is 0 Å². The molecule has 4 nitrogen and oxygen atoms in total. The fourth-order valence-corrected chi connectivity index (χ4v) is 2.75. The van der Waals surface area contributed by atoms with Gasteiger partial charge in [0.2, 0.25) is 9.84 Å². The molecule has 0 spiro atoms. The molecule has 102 valence electrons. The summed E-state index contributed by atoms with van der Waals surface area (Å²) < 4.78 is 24.4. The normalized spacial score (nSPS) is 10.3. The SMILES string of the molecule is CC.NNc1ccc(S(=O)(=O)c2ccccc2)cc1. The molecule has 0 saturated heterocycles. The van der Waals surface area contributed by atoms with Crippen molar-refractivity contribution in [3.8, 4) is 0 Å². The predicted molar refractivity (Wildman–Crippen MR) is 77.5 cm³/mol. The molecule has 3 N–H and O–H groups in total. The molecule has 5 heteroatoms. The van der Waals surface area contributed by atoms with Crippen LogP contribution in [0.1, 0.15) is 13.8 Å². The summed E-state index contributed by atoms with van der Waals surface area (Å²) in [5, 5.41) is 0. The topological polar surface area (TPSA) is 72.2 Å². The van der Waals surface area contributed by atoms with Crippen LogP contribution in [-0.4, -0.2) is 8.42 Å². The molecule has 2 aromatic carbocycles. The molecule has 0 aliphatic carbocycles. The molecule has 0 aliphatic heterocycles. The van der Waals surface area contributed by atoms with Gasteiger partial charge in [-0.25, -0.2) is 8.42 Å². The first-order valence-electron chi connectivity index (χ1n) is 6.01. The van der Waals surface area contributed by atoms with Gasteiger partial charge in [-0.3, -0.25) is 5.84 Å². The fraction of sp³-hybridized carbons (Fsp3) is 0.143. The van der Waals surface area contributed by atoms with E-state index in [2.05, 4.69) is 5.43 Å². The standard InChI is InChI=1S/C12H12N2O2S.C2H6/c13-14-10-6-8-12(9-7-10)17(15,16)11-4-2-1-3-5-11;1-2/h1-9,14H,13H2;1-2H3. The van der Waals surface area contributed by atoms with Crippen LogP contribution in [0.2, 0.25) is 0 Å². The lowest BCUT2D eigenvalue weighted by Gasteiger charge is -2.05. The highest BCUT2D eigenvalue weighted by atomic mass is 32.2. The summed E-state index contributed by atoms with van der Waals surface area (Å²) >= 11 is 0. The quantitative estimate of drug-likeness (QED) is 0.669. The fourth-order valence-electron chi connectivity index (χ4n) is 1.47. The molecule has 0 radical (unpaired) electrons. The average Bonchev–Trinajstić information content (AvgIpc) is 2.50. The van der Waals surface area contributed by atoms with E-state index in [-0.39, 0.29) is 9.79 Å². The number of nitrogens with one attached hydrogen (secondary N) is 1. The summed E-state index contributed by atoms with van der Waals surface area (Å²) in [4.78, 5) is 0.538. The monoisotopic (exact) mass is 278 g/mol. The van der Waals surface area contributed by atoms with Crippen LogP contribution in [0.3, 0.4) is 0 Å². The molecule has 0 saturated carbocycles. The van der Waals surface area contributed by atoms with Crippen molar-refractivity contribution >= 4 is 15.5 Å². The number of rotatable bonds is 3. The molecule has 2 rings (SSSR count). The van der Waals surface area contributed by atoms with Gasteiger partial charge in [-0.15, -0.1) is 0 Å². The zero-order valence-corrected chi connectivity index (χ0v) is 11.8. The second-order valence-corrected chi connectivity index (χ2v) is 5.43. The third kappa shape index (κ3) is 3.56. The summed E-state index contributed by atoms with van der Waals surface area (Å²) in [5.41, 5.74) is 3.11. The summed E-state index contributed by atoms with van der Waals surface area (Å²) in [6, 6.07) is 14.6. The molecule has 2 aromatic rings. The molecule has 0 heterocycles. The number of benzene rings is 2. The highest BCUT2D eigenvalue weighted by Gasteiger charge is 2.16. The van der Waals surface area contributed by atoms with Crippen LogP contribution in [0.15, 0.2) is 64.4 Å². The van der Waals surface area contributed by atoms with Gasteiger partial charge in [0.1, 0.15) is 0 Å². The molecular formula is C14H18N2O2S. The van der Waals surface area contributed by atoms with Crippen LogP contribution < -0.4 is 11.3 Å². The maximum absolute atomic E-state index is 12.2. The van der Waals surface area contributed by atoms with Gasteiger partial charge < -0.3 is 5.43 Å². The van der Waals surface area contributed by atoms with E-state index in [1.807, 2.05) is 13.8 Å². The molecule has 19 heavy (non-hydrogen) atoms. The highest BCUT2D eigenvalue weighted by molar-refractivity contribution is 7.91. The minimum absolute atomic E-state index is 0.253. The van der Waals surface area contributed by atoms with Crippen LogP contribution in [0, 0.1) is 0 Å². The third-order valence-corrected chi connectivity index (χ3v) is 4.17. The summed E-state index contributed by atoms with van der Waals surface area (Å²) in [5.74, 6) is 5.22. The van der Waals surface area contributed by atoms with E-state index >= 15 is 0 Å². The lowest BCUT2D eigenvalue weighted by atomic mass is 10.3. The maximum Gasteiger partial charge on any atom is 0.206 e. The molecule has 0 aromatic heterocycles. The van der Waals surface area contributed by atoms with Gasteiger partial charge >= 0.3 is 0 Å². The van der Waals surface area contributed by atoms with Crippen molar-refractivity contribution in [2.75, 3.05) is 5.43 Å². The predicted octanol–water partition coefficient (Wildman–Crippen LogP) is 2.83. The molecule has 0 atom stereocenters. The van der Waals surface area contributed by atoms with E-state index in [4.69, 9.17) is 5.84 Å². The average molecular weight is 278 g/mol. The van der Waals surface area contributed by atoms with Crippen LogP contribution in [0.25, 0.3) is 0 Å². The lowest BCUT2D eigenvalue weighted by Crippen LogP contribution is -2.07. The second-order valence-electron chi connectivity index (χ2n) is 3.49. The van der Waals surface area contributed by atoms with Crippen LogP contribution in [0.4, 0.5) is 5.69 Å². The molecule has 0 fully saturated rings. The Balaban J connectivity index is 0.000000861. The number of hydrogen-bond acceptors (Lipinski definition) is 4. The van der Waals surface area contributed by atoms with Crippen molar-refractivity contribution in [2.24, 2.45) is 5.84 Å². The molecule has 0 amide bonds. The summed E-state index contributed by atoms with van der Waals surface area (Å²) in [6.07, 6.45) is 0. The zero-order valence-electron chi connectivity index (χ0n) is 11.0. The molecule has 0 bridgehead atoms. The first-order chi connectivity index (χ1) is 9.14. The van der Waals surface area contributed by atoms with Gasteiger partial charge in [-0.2, -0.15) is 0 Å². The van der Waals surface area contributed by atoms with Crippen LogP contribution in [-0.2, 0) is 9.84 Å². The Morgan fingerprint density at radius 1 is 0.842 bits per heavy atom. The van der Waals surface area contributed by atoms with E-state index in [1.54, 1.807) is 42.5 Å². The highest BCUT2D eigenvalue weighted by Crippen LogP contribution is 2.21. The van der Waals surface area contributed by atoms with Crippen molar-refractivity contribution in [3.63, 3.8) is 0 Å². The molecular weight excluding hydrogens is 260 g/mol. The minimum atomic E-state index is -3.43. The minimum Gasteiger partial charge on any atom is -0.324 e. The second kappa shape index (κ2) is 6.92. The Bertz CT molecular complexity index is 593. The Kier molecular flexibility index (Phi) is 5.54. The van der Waals surface area contributed by atoms with Gasteiger partial charge in [0, 0.05) is 5.69 Å². The van der Waals surface area contributed by atoms with Gasteiger partial charge in [0.25, 0.3) is 0 Å². The van der Waals surface area contributed by atoms with E-state index in [0.29, 0.717) is 5.69 Å². The first kappa shape index (κ1) is 15.2. The van der Waals surface area contributed by atoms with Crippen molar-refractivity contribution < 1.29 is 8.42 Å². The Labute approximate surface area is 114 Å². The number of anilines is 1. The molecule has 0 aliphatic rings. The lowest BCUT2D eigenvalue weighted by molar-refractivity contribution is 0.596. The Hall–Kier alpha value is -1.85. The van der Waals surface area contributed by atoms with E-state index < -0.39 is 9.84 Å². The number of hydrogen-bond donors (Lipinski definition) is 2. The summed E-state index contributed by atoms with van der Waals surface area (Å²) in [7, 11) is -3.43. The van der Waals surface area contributed by atoms with Gasteiger partial charge in [-0.1, -0.05) is 32.0 Å². The third-order valence-electron chi connectivity index (χ3n) is 2.38. The molecule has 0 unspecified atom stereocenters. The van der Waals surface area contributed by atoms with E-state index in [1.165, 1.54) is 12.1 Å². The van der Waals surface area contributed by atoms with Crippen molar-refractivity contribution in [3.05, 3.63) is 54.6 Å². The van der Waals surface area contributed by atoms with Gasteiger partial charge in [0.15, 0.2) is 0 Å². The Morgan fingerprint density at radius 2 is 1.32 bits per heavy atom. The smallest absolute Gasteiger partial charge is 0.206 e. The van der Waals surface area contributed by atoms with E-state index in [9.17, 15) is 8.42 Å². The summed E-state index contributed by atoms with van der Waals surface area (Å²) in [6.45, 7) is 4.00. The Morgan fingerprint density at radius 3 is 1.79 bits per heavy atom. The zero-order chi connectivity index (χ0) is 14.3.